The minimum absolute atomic E-state index is 0.0139. The lowest BCUT2D eigenvalue weighted by Gasteiger charge is -2.15. The van der Waals surface area contributed by atoms with Crippen LogP contribution in [0.5, 0.6) is 5.75 Å². The fourth-order valence-electron chi connectivity index (χ4n) is 1.65. The van der Waals surface area contributed by atoms with Gasteiger partial charge in [0.05, 0.1) is 17.7 Å². The van der Waals surface area contributed by atoms with Gasteiger partial charge in [0.1, 0.15) is 12.4 Å². The maximum Gasteiger partial charge on any atom is 0.332 e. The number of rotatable bonds is 8. The van der Waals surface area contributed by atoms with Crippen molar-refractivity contribution in [3.63, 3.8) is 0 Å². The molecule has 0 aliphatic heterocycles. The molecule has 0 aliphatic carbocycles. The number of sulfonamides is 1. The van der Waals surface area contributed by atoms with Crippen molar-refractivity contribution in [3.8, 4) is 5.75 Å². The van der Waals surface area contributed by atoms with Gasteiger partial charge in [0.25, 0.3) is 5.91 Å². The number of carbonyl (C=O) groups is 2. The van der Waals surface area contributed by atoms with Crippen molar-refractivity contribution in [2.75, 3.05) is 46.8 Å². The zero-order valence-corrected chi connectivity index (χ0v) is 14.7. The third-order valence-corrected chi connectivity index (χ3v) is 4.66. The number of nitrogens with zero attached hydrogens (tertiary/aromatic N) is 1. The van der Waals surface area contributed by atoms with Crippen LogP contribution in [-0.2, 0) is 29.1 Å². The van der Waals surface area contributed by atoms with Crippen LogP contribution in [0.1, 0.15) is 0 Å². The van der Waals surface area contributed by atoms with E-state index in [1.54, 1.807) is 0 Å². The van der Waals surface area contributed by atoms with Gasteiger partial charge in [-0.2, -0.15) is 0 Å². The molecule has 0 aliphatic rings. The highest BCUT2D eigenvalue weighted by atomic mass is 32.2. The number of carbonyl (C=O) groups excluding carboxylic acids is 2. The van der Waals surface area contributed by atoms with Crippen LogP contribution in [0.25, 0.3) is 0 Å². The van der Waals surface area contributed by atoms with Crippen LogP contribution < -0.4 is 10.1 Å². The van der Waals surface area contributed by atoms with Gasteiger partial charge in [-0.15, -0.1) is 0 Å². The third-order valence-electron chi connectivity index (χ3n) is 2.85. The number of methoxy groups -OCH3 is 2. The van der Waals surface area contributed by atoms with Crippen molar-refractivity contribution in [3.05, 3.63) is 18.2 Å². The number of anilines is 1. The zero-order chi connectivity index (χ0) is 18.3. The van der Waals surface area contributed by atoms with Crippen molar-refractivity contribution in [2.45, 2.75) is 4.90 Å². The molecule has 0 saturated heterocycles. The molecule has 1 N–H and O–H groups in total. The summed E-state index contributed by atoms with van der Waals surface area (Å²) in [5.41, 5.74) is 0.146. The van der Waals surface area contributed by atoms with Crippen molar-refractivity contribution >= 4 is 27.6 Å². The number of ether oxygens (including phenoxy) is 3. The van der Waals surface area contributed by atoms with E-state index >= 15 is 0 Å². The molecule has 0 spiro atoms. The van der Waals surface area contributed by atoms with Gasteiger partial charge in [0.15, 0.2) is 6.61 Å². The number of esters is 1. The maximum atomic E-state index is 12.1. The Kier molecular flexibility index (Phi) is 7.14. The summed E-state index contributed by atoms with van der Waals surface area (Å²) in [6.45, 7) is -0.802. The highest BCUT2D eigenvalue weighted by Crippen LogP contribution is 2.28. The van der Waals surface area contributed by atoms with Gasteiger partial charge < -0.3 is 19.5 Å². The Hall–Kier alpha value is -2.17. The lowest BCUT2D eigenvalue weighted by Crippen LogP contribution is -2.24. The summed E-state index contributed by atoms with van der Waals surface area (Å²) < 4.78 is 39.7. The van der Waals surface area contributed by atoms with Gasteiger partial charge in [-0.1, -0.05) is 0 Å². The molecular formula is C14H20N2O7S. The van der Waals surface area contributed by atoms with E-state index in [-0.39, 0.29) is 22.9 Å². The Morgan fingerprint density at radius 2 is 1.83 bits per heavy atom. The van der Waals surface area contributed by atoms with Crippen LogP contribution in [0.4, 0.5) is 5.69 Å². The number of hydrogen-bond acceptors (Lipinski definition) is 7. The van der Waals surface area contributed by atoms with E-state index in [2.05, 4.69) is 14.8 Å². The Balaban J connectivity index is 2.93. The fourth-order valence-corrected chi connectivity index (χ4v) is 2.58. The van der Waals surface area contributed by atoms with E-state index < -0.39 is 28.5 Å². The van der Waals surface area contributed by atoms with E-state index in [1.165, 1.54) is 46.5 Å². The van der Waals surface area contributed by atoms with E-state index in [9.17, 15) is 18.0 Å². The molecule has 9 nitrogen and oxygen atoms in total. The van der Waals surface area contributed by atoms with Gasteiger partial charge in [-0.25, -0.2) is 17.5 Å². The molecule has 0 unspecified atom stereocenters. The average Bonchev–Trinajstić information content (AvgIpc) is 2.53. The maximum absolute atomic E-state index is 12.1. The van der Waals surface area contributed by atoms with Crippen LogP contribution in [0, 0.1) is 0 Å². The largest absolute Gasteiger partial charge is 0.495 e. The first-order valence-corrected chi connectivity index (χ1v) is 8.21. The minimum atomic E-state index is -3.67. The second kappa shape index (κ2) is 8.62. The smallest absolute Gasteiger partial charge is 0.332 e. The summed E-state index contributed by atoms with van der Waals surface area (Å²) >= 11 is 0. The Morgan fingerprint density at radius 3 is 2.38 bits per heavy atom. The molecule has 10 heteroatoms. The molecule has 24 heavy (non-hydrogen) atoms. The SMILES string of the molecule is COCC(=O)OCC(=O)Nc1cc(S(=O)(=O)N(C)C)ccc1OC. The molecule has 0 saturated carbocycles. The Bertz CT molecular complexity index is 701. The quantitative estimate of drug-likeness (QED) is 0.653. The molecule has 0 heterocycles. The predicted molar refractivity (Wildman–Crippen MR) is 85.3 cm³/mol. The summed E-state index contributed by atoms with van der Waals surface area (Å²) in [6, 6.07) is 4.05. The van der Waals surface area contributed by atoms with Crippen molar-refractivity contribution in [1.29, 1.82) is 0 Å². The second-order valence-electron chi connectivity index (χ2n) is 4.79. The van der Waals surface area contributed by atoms with Gasteiger partial charge >= 0.3 is 5.97 Å². The van der Waals surface area contributed by atoms with E-state index in [0.29, 0.717) is 0 Å². The van der Waals surface area contributed by atoms with Crippen molar-refractivity contribution < 1.29 is 32.2 Å². The van der Waals surface area contributed by atoms with Gasteiger partial charge in [-0.05, 0) is 18.2 Å². The molecule has 0 radical (unpaired) electrons. The zero-order valence-electron chi connectivity index (χ0n) is 13.9. The van der Waals surface area contributed by atoms with Gasteiger partial charge in [-0.3, -0.25) is 4.79 Å². The number of nitrogens with one attached hydrogen (secondary N) is 1. The van der Waals surface area contributed by atoms with E-state index in [0.717, 1.165) is 4.31 Å². The molecule has 0 fully saturated rings. The molecule has 1 aromatic carbocycles. The summed E-state index contributed by atoms with van der Waals surface area (Å²) in [5.74, 6) is -1.06. The molecule has 0 aromatic heterocycles. The van der Waals surface area contributed by atoms with Crippen LogP contribution in [0.2, 0.25) is 0 Å². The van der Waals surface area contributed by atoms with Crippen molar-refractivity contribution in [2.24, 2.45) is 0 Å². The molecule has 1 amide bonds. The first kappa shape index (κ1) is 19.9. The number of benzene rings is 1. The van der Waals surface area contributed by atoms with Gasteiger partial charge in [0.2, 0.25) is 10.0 Å². The molecule has 0 bridgehead atoms. The second-order valence-corrected chi connectivity index (χ2v) is 6.94. The van der Waals surface area contributed by atoms with E-state index in [1.807, 2.05) is 0 Å². The molecule has 1 rings (SSSR count). The minimum Gasteiger partial charge on any atom is -0.495 e. The Morgan fingerprint density at radius 1 is 1.17 bits per heavy atom. The lowest BCUT2D eigenvalue weighted by molar-refractivity contribution is -0.150. The highest BCUT2D eigenvalue weighted by molar-refractivity contribution is 7.89. The fraction of sp³-hybridized carbons (Fsp3) is 0.429. The van der Waals surface area contributed by atoms with Crippen LogP contribution in [0.3, 0.4) is 0 Å². The lowest BCUT2D eigenvalue weighted by atomic mass is 10.3. The molecular weight excluding hydrogens is 340 g/mol. The summed E-state index contributed by atoms with van der Waals surface area (Å²) in [6.07, 6.45) is 0. The Labute approximate surface area is 140 Å². The van der Waals surface area contributed by atoms with E-state index in [4.69, 9.17) is 4.74 Å². The third kappa shape index (κ3) is 5.18. The van der Waals surface area contributed by atoms with Crippen LogP contribution in [0.15, 0.2) is 23.1 Å². The molecule has 1 aromatic rings. The summed E-state index contributed by atoms with van der Waals surface area (Å²) in [7, 11) is 1.82. The average molecular weight is 360 g/mol. The monoisotopic (exact) mass is 360 g/mol. The van der Waals surface area contributed by atoms with Gasteiger partial charge in [0, 0.05) is 21.2 Å². The topological polar surface area (TPSA) is 111 Å². The van der Waals surface area contributed by atoms with Crippen molar-refractivity contribution in [1.82, 2.24) is 4.31 Å². The van der Waals surface area contributed by atoms with Crippen LogP contribution in [-0.4, -0.2) is 66.1 Å². The summed E-state index contributed by atoms with van der Waals surface area (Å²) in [4.78, 5) is 23.0. The standard InChI is InChI=1S/C14H20N2O7S/c1-16(2)24(19,20)10-5-6-12(22-4)11(7-10)15-13(17)8-23-14(18)9-21-3/h5-7H,8-9H2,1-4H3,(H,15,17). The molecule has 0 atom stereocenters. The summed E-state index contributed by atoms with van der Waals surface area (Å²) in [5, 5.41) is 2.45. The molecule has 134 valence electrons. The first-order valence-electron chi connectivity index (χ1n) is 6.77. The predicted octanol–water partition coefficient (Wildman–Crippen LogP) is 0.0736. The van der Waals surface area contributed by atoms with Crippen LogP contribution >= 0.6 is 0 Å². The normalized spacial score (nSPS) is 11.2. The number of hydrogen-bond donors (Lipinski definition) is 1. The number of amides is 1. The highest BCUT2D eigenvalue weighted by Gasteiger charge is 2.20. The first-order chi connectivity index (χ1) is 11.2.